The first kappa shape index (κ1) is 20.4. The van der Waals surface area contributed by atoms with Gasteiger partial charge in [0, 0.05) is 37.8 Å². The standard InChI is InChI=1S/C16H30N4O4/c1-12(10-14(22)24-5)20-8-6-19(7-9-20)11-13(21)17-15(23)18-16(2,3)4/h12H,6-11H2,1-5H3,(H2,17,18,21,23)/t12-/m0/s1. The number of esters is 1. The van der Waals surface area contributed by atoms with Gasteiger partial charge in [0.1, 0.15) is 0 Å². The zero-order valence-corrected chi connectivity index (χ0v) is 15.3. The van der Waals surface area contributed by atoms with Crippen LogP contribution >= 0.6 is 0 Å². The number of imide groups is 1. The molecule has 0 aromatic rings. The summed E-state index contributed by atoms with van der Waals surface area (Å²) in [6, 6.07) is -0.358. The Morgan fingerprint density at radius 1 is 1.12 bits per heavy atom. The van der Waals surface area contributed by atoms with Gasteiger partial charge in [-0.25, -0.2) is 4.79 Å². The number of rotatable bonds is 5. The number of ether oxygens (including phenoxy) is 1. The van der Waals surface area contributed by atoms with Crippen LogP contribution in [-0.2, 0) is 14.3 Å². The quantitative estimate of drug-likeness (QED) is 0.693. The molecule has 1 aliphatic rings. The maximum absolute atomic E-state index is 11.9. The molecule has 1 heterocycles. The summed E-state index contributed by atoms with van der Waals surface area (Å²) >= 11 is 0. The molecule has 0 aliphatic carbocycles. The molecule has 1 saturated heterocycles. The molecule has 0 unspecified atom stereocenters. The van der Waals surface area contributed by atoms with Gasteiger partial charge in [0.05, 0.1) is 20.1 Å². The molecule has 0 bridgehead atoms. The molecule has 1 atom stereocenters. The molecule has 0 aromatic carbocycles. The number of nitrogens with one attached hydrogen (secondary N) is 2. The highest BCUT2D eigenvalue weighted by molar-refractivity contribution is 5.95. The number of amides is 3. The molecule has 1 rings (SSSR count). The summed E-state index contributed by atoms with van der Waals surface area (Å²) in [6.45, 7) is 10.7. The van der Waals surface area contributed by atoms with Crippen LogP contribution in [0.15, 0.2) is 0 Å². The molecular weight excluding hydrogens is 312 g/mol. The van der Waals surface area contributed by atoms with E-state index in [1.54, 1.807) is 0 Å². The van der Waals surface area contributed by atoms with Crippen molar-refractivity contribution in [2.75, 3.05) is 39.8 Å². The number of hydrogen-bond acceptors (Lipinski definition) is 6. The third-order valence-corrected chi connectivity index (χ3v) is 3.83. The molecule has 138 valence electrons. The minimum absolute atomic E-state index is 0.117. The number of carbonyl (C=O) groups excluding carboxylic acids is 3. The Hall–Kier alpha value is -1.67. The Morgan fingerprint density at radius 2 is 1.71 bits per heavy atom. The van der Waals surface area contributed by atoms with Gasteiger partial charge in [-0.05, 0) is 27.7 Å². The lowest BCUT2D eigenvalue weighted by Crippen LogP contribution is -2.54. The van der Waals surface area contributed by atoms with Crippen LogP contribution in [0.3, 0.4) is 0 Å². The zero-order valence-electron chi connectivity index (χ0n) is 15.3. The summed E-state index contributed by atoms with van der Waals surface area (Å²) in [5.74, 6) is -0.526. The first-order valence-electron chi connectivity index (χ1n) is 8.26. The second-order valence-corrected chi connectivity index (χ2v) is 7.19. The molecule has 3 amide bonds. The molecule has 0 aromatic heterocycles. The van der Waals surface area contributed by atoms with Crippen LogP contribution in [0.25, 0.3) is 0 Å². The molecule has 2 N–H and O–H groups in total. The SMILES string of the molecule is COC(=O)C[C@H](C)N1CCN(CC(=O)NC(=O)NC(C)(C)C)CC1. The minimum atomic E-state index is -0.474. The lowest BCUT2D eigenvalue weighted by molar-refractivity contribution is -0.142. The van der Waals surface area contributed by atoms with Crippen molar-refractivity contribution in [2.24, 2.45) is 0 Å². The van der Waals surface area contributed by atoms with Crippen molar-refractivity contribution in [3.05, 3.63) is 0 Å². The Bertz CT molecular complexity index is 453. The number of nitrogens with zero attached hydrogens (tertiary/aromatic N) is 2. The molecule has 0 saturated carbocycles. The minimum Gasteiger partial charge on any atom is -0.469 e. The van der Waals surface area contributed by atoms with E-state index in [0.29, 0.717) is 6.42 Å². The number of hydrogen-bond donors (Lipinski definition) is 2. The maximum atomic E-state index is 11.9. The normalized spacial score (nSPS) is 17.9. The van der Waals surface area contributed by atoms with Crippen molar-refractivity contribution in [2.45, 2.75) is 45.7 Å². The van der Waals surface area contributed by atoms with Crippen molar-refractivity contribution >= 4 is 17.9 Å². The van der Waals surface area contributed by atoms with Gasteiger partial charge in [-0.1, -0.05) is 0 Å². The highest BCUT2D eigenvalue weighted by Crippen LogP contribution is 2.09. The van der Waals surface area contributed by atoms with E-state index in [9.17, 15) is 14.4 Å². The van der Waals surface area contributed by atoms with E-state index >= 15 is 0 Å². The van der Waals surface area contributed by atoms with Gasteiger partial charge in [-0.2, -0.15) is 0 Å². The van der Waals surface area contributed by atoms with Crippen molar-refractivity contribution < 1.29 is 19.1 Å². The van der Waals surface area contributed by atoms with Crippen molar-refractivity contribution in [3.8, 4) is 0 Å². The summed E-state index contributed by atoms with van der Waals surface area (Å²) in [4.78, 5) is 39.1. The Labute approximate surface area is 143 Å². The Kier molecular flexibility index (Phi) is 7.62. The van der Waals surface area contributed by atoms with Gasteiger partial charge in [0.15, 0.2) is 0 Å². The van der Waals surface area contributed by atoms with Crippen LogP contribution in [0.5, 0.6) is 0 Å². The predicted octanol–water partition coefficient (Wildman–Crippen LogP) is 0.180. The average Bonchev–Trinajstić information content (AvgIpc) is 2.45. The highest BCUT2D eigenvalue weighted by Gasteiger charge is 2.24. The highest BCUT2D eigenvalue weighted by atomic mass is 16.5. The zero-order chi connectivity index (χ0) is 18.3. The van der Waals surface area contributed by atoms with E-state index in [4.69, 9.17) is 4.74 Å². The molecule has 0 spiro atoms. The van der Waals surface area contributed by atoms with E-state index in [2.05, 4.69) is 15.5 Å². The average molecular weight is 342 g/mol. The lowest BCUT2D eigenvalue weighted by atomic mass is 10.1. The number of carbonyl (C=O) groups is 3. The smallest absolute Gasteiger partial charge is 0.321 e. The lowest BCUT2D eigenvalue weighted by Gasteiger charge is -2.37. The van der Waals surface area contributed by atoms with Gasteiger partial charge in [-0.15, -0.1) is 0 Å². The summed E-state index contributed by atoms with van der Waals surface area (Å²) in [5.41, 5.74) is -0.383. The van der Waals surface area contributed by atoms with Gasteiger partial charge >= 0.3 is 12.0 Å². The Balaban J connectivity index is 2.31. The predicted molar refractivity (Wildman–Crippen MR) is 90.5 cm³/mol. The monoisotopic (exact) mass is 342 g/mol. The molecular formula is C16H30N4O4. The molecule has 0 radical (unpaired) electrons. The van der Waals surface area contributed by atoms with E-state index in [1.165, 1.54) is 7.11 Å². The molecule has 8 heteroatoms. The molecule has 8 nitrogen and oxygen atoms in total. The van der Waals surface area contributed by atoms with E-state index in [0.717, 1.165) is 26.2 Å². The second-order valence-electron chi connectivity index (χ2n) is 7.19. The van der Waals surface area contributed by atoms with Crippen molar-refractivity contribution in [1.82, 2.24) is 20.4 Å². The number of methoxy groups -OCH3 is 1. The van der Waals surface area contributed by atoms with Crippen LogP contribution in [0.4, 0.5) is 4.79 Å². The van der Waals surface area contributed by atoms with Gasteiger partial charge < -0.3 is 10.1 Å². The van der Waals surface area contributed by atoms with Crippen LogP contribution in [0, 0.1) is 0 Å². The molecule has 1 fully saturated rings. The molecule has 24 heavy (non-hydrogen) atoms. The van der Waals surface area contributed by atoms with Gasteiger partial charge in [-0.3, -0.25) is 24.7 Å². The van der Waals surface area contributed by atoms with Crippen LogP contribution in [0.1, 0.15) is 34.1 Å². The fourth-order valence-electron chi connectivity index (χ4n) is 2.56. The van der Waals surface area contributed by atoms with Gasteiger partial charge in [0.2, 0.25) is 5.91 Å². The fraction of sp³-hybridized carbons (Fsp3) is 0.812. The van der Waals surface area contributed by atoms with E-state index in [1.807, 2.05) is 32.6 Å². The van der Waals surface area contributed by atoms with Crippen LogP contribution in [0.2, 0.25) is 0 Å². The second kappa shape index (κ2) is 8.98. The van der Waals surface area contributed by atoms with Gasteiger partial charge in [0.25, 0.3) is 0 Å². The largest absolute Gasteiger partial charge is 0.469 e. The Morgan fingerprint density at radius 3 is 2.21 bits per heavy atom. The summed E-state index contributed by atoms with van der Waals surface area (Å²) < 4.78 is 4.69. The summed E-state index contributed by atoms with van der Waals surface area (Å²) in [7, 11) is 1.39. The van der Waals surface area contributed by atoms with E-state index in [-0.39, 0.29) is 30.0 Å². The van der Waals surface area contributed by atoms with Crippen LogP contribution in [-0.4, -0.2) is 79.1 Å². The first-order chi connectivity index (χ1) is 11.1. The third kappa shape index (κ3) is 7.74. The summed E-state index contributed by atoms with van der Waals surface area (Å²) in [6.07, 6.45) is 0.365. The molecule has 1 aliphatic heterocycles. The van der Waals surface area contributed by atoms with Crippen molar-refractivity contribution in [3.63, 3.8) is 0 Å². The van der Waals surface area contributed by atoms with Crippen LogP contribution < -0.4 is 10.6 Å². The first-order valence-corrected chi connectivity index (χ1v) is 8.26. The fourth-order valence-corrected chi connectivity index (χ4v) is 2.56. The van der Waals surface area contributed by atoms with E-state index < -0.39 is 6.03 Å². The summed E-state index contributed by atoms with van der Waals surface area (Å²) in [5, 5.41) is 5.04. The topological polar surface area (TPSA) is 91.0 Å². The third-order valence-electron chi connectivity index (χ3n) is 3.83. The maximum Gasteiger partial charge on any atom is 0.321 e. The number of piperazine rings is 1. The van der Waals surface area contributed by atoms with Crippen molar-refractivity contribution in [1.29, 1.82) is 0 Å². The number of urea groups is 1.